The van der Waals surface area contributed by atoms with Crippen LogP contribution in [0.5, 0.6) is 0 Å². The average Bonchev–Trinajstić information content (AvgIpc) is 2.87. The topological polar surface area (TPSA) is 72.2 Å². The Kier molecular flexibility index (Phi) is 2.89. The average molecular weight is 246 g/mol. The molecule has 96 valence electrons. The van der Waals surface area contributed by atoms with Crippen LogP contribution in [0.25, 0.3) is 0 Å². The summed E-state index contributed by atoms with van der Waals surface area (Å²) in [5.41, 5.74) is 7.30. The van der Waals surface area contributed by atoms with Crippen LogP contribution in [-0.2, 0) is 4.79 Å². The summed E-state index contributed by atoms with van der Waals surface area (Å²) in [7, 11) is 0. The van der Waals surface area contributed by atoms with Crippen molar-refractivity contribution in [1.82, 2.24) is 0 Å². The second kappa shape index (κ2) is 4.12. The zero-order valence-electron chi connectivity index (χ0n) is 10.9. The van der Waals surface area contributed by atoms with Crippen LogP contribution in [0.4, 0.5) is 5.69 Å². The van der Waals surface area contributed by atoms with Gasteiger partial charge in [0.1, 0.15) is 0 Å². The molecule has 0 bridgehead atoms. The number of hydrogen-bond acceptors (Lipinski definition) is 2. The standard InChI is InChI=1S/C14H18N2O2/c1-8-4-9(12(15)17)6-10(5-8)16-13(18)11-7-14(11,2)3/h4-6,11H,7H2,1-3H3,(H2,15,17)(H,16,18)/t11-/m1/s1. The number of aryl methyl sites for hydroxylation is 1. The molecule has 1 atom stereocenters. The summed E-state index contributed by atoms with van der Waals surface area (Å²) in [6.07, 6.45) is 0.910. The first-order valence-electron chi connectivity index (χ1n) is 6.02. The van der Waals surface area contributed by atoms with E-state index in [4.69, 9.17) is 5.73 Å². The SMILES string of the molecule is Cc1cc(NC(=O)[C@H]2CC2(C)C)cc(C(N)=O)c1. The number of hydrogen-bond donors (Lipinski definition) is 2. The Bertz CT molecular complexity index is 521. The van der Waals surface area contributed by atoms with Crippen molar-refractivity contribution in [3.05, 3.63) is 29.3 Å². The van der Waals surface area contributed by atoms with Crippen molar-refractivity contribution in [3.63, 3.8) is 0 Å². The molecule has 2 rings (SSSR count). The molecule has 1 saturated carbocycles. The van der Waals surface area contributed by atoms with Gasteiger partial charge in [-0.2, -0.15) is 0 Å². The molecule has 4 heteroatoms. The van der Waals surface area contributed by atoms with Gasteiger partial charge in [0.05, 0.1) is 0 Å². The Morgan fingerprint density at radius 2 is 1.94 bits per heavy atom. The normalized spacial score (nSPS) is 20.3. The second-order valence-electron chi connectivity index (χ2n) is 5.69. The van der Waals surface area contributed by atoms with Gasteiger partial charge in [0.2, 0.25) is 11.8 Å². The summed E-state index contributed by atoms with van der Waals surface area (Å²) < 4.78 is 0. The summed E-state index contributed by atoms with van der Waals surface area (Å²) >= 11 is 0. The number of rotatable bonds is 3. The van der Waals surface area contributed by atoms with E-state index < -0.39 is 5.91 Å². The molecule has 1 aromatic carbocycles. The van der Waals surface area contributed by atoms with Gasteiger partial charge in [-0.3, -0.25) is 9.59 Å². The predicted octanol–water partition coefficient (Wildman–Crippen LogP) is 2.08. The fourth-order valence-electron chi connectivity index (χ4n) is 2.14. The van der Waals surface area contributed by atoms with Crippen molar-refractivity contribution in [1.29, 1.82) is 0 Å². The quantitative estimate of drug-likeness (QED) is 0.857. The fourth-order valence-corrected chi connectivity index (χ4v) is 2.14. The maximum atomic E-state index is 12.0. The first kappa shape index (κ1) is 12.6. The molecule has 18 heavy (non-hydrogen) atoms. The summed E-state index contributed by atoms with van der Waals surface area (Å²) in [4.78, 5) is 23.1. The van der Waals surface area contributed by atoms with Crippen molar-refractivity contribution < 1.29 is 9.59 Å². The highest BCUT2D eigenvalue weighted by Gasteiger charge is 2.50. The molecule has 1 aromatic rings. The molecular weight excluding hydrogens is 228 g/mol. The minimum atomic E-state index is -0.485. The Labute approximate surface area is 107 Å². The lowest BCUT2D eigenvalue weighted by molar-refractivity contribution is -0.118. The smallest absolute Gasteiger partial charge is 0.248 e. The van der Waals surface area contributed by atoms with E-state index in [0.29, 0.717) is 11.3 Å². The van der Waals surface area contributed by atoms with E-state index in [1.807, 2.05) is 13.0 Å². The highest BCUT2D eigenvalue weighted by Crippen LogP contribution is 2.51. The van der Waals surface area contributed by atoms with Crippen molar-refractivity contribution in [2.45, 2.75) is 27.2 Å². The summed E-state index contributed by atoms with van der Waals surface area (Å²) in [6, 6.07) is 5.15. The minimum Gasteiger partial charge on any atom is -0.366 e. The van der Waals surface area contributed by atoms with Gasteiger partial charge < -0.3 is 11.1 Å². The van der Waals surface area contributed by atoms with Crippen LogP contribution in [0.3, 0.4) is 0 Å². The number of carbonyl (C=O) groups excluding carboxylic acids is 2. The number of benzene rings is 1. The van der Waals surface area contributed by atoms with Gasteiger partial charge in [-0.1, -0.05) is 13.8 Å². The van der Waals surface area contributed by atoms with Crippen LogP contribution in [0, 0.1) is 18.3 Å². The van der Waals surface area contributed by atoms with E-state index in [9.17, 15) is 9.59 Å². The number of nitrogens with one attached hydrogen (secondary N) is 1. The third kappa shape index (κ3) is 2.53. The van der Waals surface area contributed by atoms with E-state index in [0.717, 1.165) is 12.0 Å². The molecule has 0 aliphatic heterocycles. The maximum Gasteiger partial charge on any atom is 0.248 e. The number of nitrogens with two attached hydrogens (primary N) is 1. The molecule has 3 N–H and O–H groups in total. The zero-order valence-corrected chi connectivity index (χ0v) is 10.9. The van der Waals surface area contributed by atoms with E-state index in [2.05, 4.69) is 19.2 Å². The maximum absolute atomic E-state index is 12.0. The zero-order chi connectivity index (χ0) is 13.5. The first-order valence-corrected chi connectivity index (χ1v) is 6.02. The third-order valence-corrected chi connectivity index (χ3v) is 3.46. The molecule has 0 heterocycles. The highest BCUT2D eigenvalue weighted by atomic mass is 16.2. The van der Waals surface area contributed by atoms with Gasteiger partial charge in [-0.05, 0) is 42.5 Å². The van der Waals surface area contributed by atoms with Gasteiger partial charge in [-0.15, -0.1) is 0 Å². The van der Waals surface area contributed by atoms with E-state index >= 15 is 0 Å². The monoisotopic (exact) mass is 246 g/mol. The van der Waals surface area contributed by atoms with Crippen LogP contribution >= 0.6 is 0 Å². The lowest BCUT2D eigenvalue weighted by Gasteiger charge is -2.09. The van der Waals surface area contributed by atoms with Crippen LogP contribution in [0.1, 0.15) is 36.2 Å². The molecule has 0 aromatic heterocycles. The largest absolute Gasteiger partial charge is 0.366 e. The molecule has 4 nitrogen and oxygen atoms in total. The molecule has 1 aliphatic rings. The molecule has 0 radical (unpaired) electrons. The first-order chi connectivity index (χ1) is 8.29. The Hall–Kier alpha value is -1.84. The highest BCUT2D eigenvalue weighted by molar-refractivity contribution is 5.98. The minimum absolute atomic E-state index is 0.0148. The van der Waals surface area contributed by atoms with Crippen molar-refractivity contribution >= 4 is 17.5 Å². The van der Waals surface area contributed by atoms with E-state index in [1.165, 1.54) is 0 Å². The Morgan fingerprint density at radius 3 is 2.44 bits per heavy atom. The third-order valence-electron chi connectivity index (χ3n) is 3.46. The number of primary amides is 1. The molecule has 1 aliphatic carbocycles. The van der Waals surface area contributed by atoms with Gasteiger partial charge in [0.15, 0.2) is 0 Å². The number of amides is 2. The van der Waals surface area contributed by atoms with Gasteiger partial charge in [0, 0.05) is 17.2 Å². The van der Waals surface area contributed by atoms with Crippen molar-refractivity contribution in [3.8, 4) is 0 Å². The van der Waals surface area contributed by atoms with E-state index in [1.54, 1.807) is 12.1 Å². The Morgan fingerprint density at radius 1 is 1.33 bits per heavy atom. The fraction of sp³-hybridized carbons (Fsp3) is 0.429. The predicted molar refractivity (Wildman–Crippen MR) is 70.2 cm³/mol. The van der Waals surface area contributed by atoms with Crippen molar-refractivity contribution in [2.75, 3.05) is 5.32 Å². The van der Waals surface area contributed by atoms with Crippen molar-refractivity contribution in [2.24, 2.45) is 17.1 Å². The lowest BCUT2D eigenvalue weighted by atomic mass is 10.1. The molecule has 0 saturated heterocycles. The summed E-state index contributed by atoms with van der Waals surface area (Å²) in [5.74, 6) is -0.406. The van der Waals surface area contributed by atoms with E-state index in [-0.39, 0.29) is 17.2 Å². The van der Waals surface area contributed by atoms with Gasteiger partial charge in [0.25, 0.3) is 0 Å². The van der Waals surface area contributed by atoms with Crippen LogP contribution in [0.2, 0.25) is 0 Å². The summed E-state index contributed by atoms with van der Waals surface area (Å²) in [5, 5.41) is 2.85. The van der Waals surface area contributed by atoms with Gasteiger partial charge in [-0.25, -0.2) is 0 Å². The van der Waals surface area contributed by atoms with Crippen LogP contribution < -0.4 is 11.1 Å². The van der Waals surface area contributed by atoms with Gasteiger partial charge >= 0.3 is 0 Å². The summed E-state index contributed by atoms with van der Waals surface area (Å²) in [6.45, 7) is 6.01. The molecular formula is C14H18N2O2. The molecule has 0 unspecified atom stereocenters. The molecule has 2 amide bonds. The second-order valence-corrected chi connectivity index (χ2v) is 5.69. The Balaban J connectivity index is 2.14. The molecule has 0 spiro atoms. The van der Waals surface area contributed by atoms with Crippen LogP contribution in [0.15, 0.2) is 18.2 Å². The number of carbonyl (C=O) groups is 2. The lowest BCUT2D eigenvalue weighted by Crippen LogP contribution is -2.17. The number of anilines is 1. The molecule has 1 fully saturated rings. The van der Waals surface area contributed by atoms with Crippen LogP contribution in [-0.4, -0.2) is 11.8 Å².